The van der Waals surface area contributed by atoms with Crippen LogP contribution in [0.4, 0.5) is 0 Å². The lowest BCUT2D eigenvalue weighted by Crippen LogP contribution is -2.44. The van der Waals surface area contributed by atoms with Crippen LogP contribution in [0, 0.1) is 0 Å². The molecule has 0 aromatic heterocycles. The smallest absolute Gasteiger partial charge is 0.306 e. The Hall–Kier alpha value is -1.71. The fourth-order valence-electron chi connectivity index (χ4n) is 9.19. The monoisotopic (exact) mass is 980 g/mol. The number of nitrogens with zero attached hydrogens (tertiary/aromatic N) is 1. The zero-order valence-electron chi connectivity index (χ0n) is 46.7. The van der Waals surface area contributed by atoms with Crippen molar-refractivity contribution in [3.05, 3.63) is 0 Å². The first-order valence-corrected chi connectivity index (χ1v) is 30.2. The van der Waals surface area contributed by atoms with Gasteiger partial charge in [-0.25, -0.2) is 0 Å². The number of quaternary nitrogens is 1. The highest BCUT2D eigenvalue weighted by molar-refractivity contribution is 5.70. The maximum Gasteiger partial charge on any atom is 0.306 e. The molecule has 0 amide bonds. The van der Waals surface area contributed by atoms with Gasteiger partial charge in [0.25, 0.3) is 0 Å². The second-order valence-corrected chi connectivity index (χ2v) is 22.0. The maximum atomic E-state index is 12.9. The minimum absolute atomic E-state index is 0.153. The van der Waals surface area contributed by atoms with Gasteiger partial charge in [-0.05, 0) is 12.8 Å². The van der Waals surface area contributed by atoms with E-state index in [2.05, 4.69) is 13.8 Å². The van der Waals surface area contributed by atoms with Crippen molar-refractivity contribution in [1.82, 2.24) is 0 Å². The molecule has 9 heteroatoms. The Labute approximate surface area is 428 Å². The van der Waals surface area contributed by atoms with Gasteiger partial charge < -0.3 is 33.3 Å². The van der Waals surface area contributed by atoms with E-state index in [1.54, 1.807) is 0 Å². The molecule has 0 fully saturated rings. The normalized spacial score (nSPS) is 12.7. The number of hydrogen-bond acceptors (Lipinski definition) is 8. The lowest BCUT2D eigenvalue weighted by Gasteiger charge is -2.26. The highest BCUT2D eigenvalue weighted by Gasteiger charge is 2.22. The first-order valence-electron chi connectivity index (χ1n) is 30.2. The Morgan fingerprint density at radius 1 is 0.377 bits per heavy atom. The third kappa shape index (κ3) is 53.9. The molecule has 0 aliphatic carbocycles. The first-order chi connectivity index (χ1) is 33.6. The Morgan fingerprint density at radius 2 is 0.652 bits per heavy atom. The Bertz CT molecular complexity index is 1100. The summed E-state index contributed by atoms with van der Waals surface area (Å²) in [5, 5.41) is 11.8. The van der Waals surface area contributed by atoms with Crippen molar-refractivity contribution >= 4 is 17.9 Å². The fourth-order valence-corrected chi connectivity index (χ4v) is 9.19. The summed E-state index contributed by atoms with van der Waals surface area (Å²) in [6.45, 7) is 4.83. The number of ether oxygens (including phenoxy) is 4. The zero-order chi connectivity index (χ0) is 50.6. The van der Waals surface area contributed by atoms with Crippen molar-refractivity contribution < 1.29 is 42.9 Å². The van der Waals surface area contributed by atoms with Crippen molar-refractivity contribution in [3.63, 3.8) is 0 Å². The molecule has 9 nitrogen and oxygen atoms in total. The number of carboxylic acids is 1. The molecule has 0 aromatic carbocycles. The van der Waals surface area contributed by atoms with Crippen molar-refractivity contribution in [3.8, 4) is 0 Å². The van der Waals surface area contributed by atoms with Crippen LogP contribution in [-0.2, 0) is 33.3 Å². The van der Waals surface area contributed by atoms with E-state index in [1.807, 2.05) is 21.1 Å². The summed E-state index contributed by atoms with van der Waals surface area (Å²) in [7, 11) is 5.94. The molecule has 0 rings (SSSR count). The largest absolute Gasteiger partial charge is 0.545 e. The van der Waals surface area contributed by atoms with E-state index in [-0.39, 0.29) is 32.2 Å². The Morgan fingerprint density at radius 3 is 0.928 bits per heavy atom. The third-order valence-corrected chi connectivity index (χ3v) is 13.9. The predicted octanol–water partition coefficient (Wildman–Crippen LogP) is 16.2. The lowest BCUT2D eigenvalue weighted by molar-refractivity contribution is -0.870. The lowest BCUT2D eigenvalue weighted by atomic mass is 10.0. The molecule has 0 aliphatic heterocycles. The molecule has 0 saturated heterocycles. The molecule has 2 atom stereocenters. The van der Waals surface area contributed by atoms with Crippen molar-refractivity contribution in [2.24, 2.45) is 0 Å². The SMILES string of the molecule is CCCCCCCCCCCCCCCCCCCCCCCCCCC(=O)OC(COC(=O)CCCCCCCCCCCCCCCCCCCCCC)COC(OCC[N+](C)(C)C)C(=O)[O-]. The highest BCUT2D eigenvalue weighted by Crippen LogP contribution is 2.18. The van der Waals surface area contributed by atoms with Gasteiger partial charge in [-0.2, -0.15) is 0 Å². The van der Waals surface area contributed by atoms with Crippen molar-refractivity contribution in [2.75, 3.05) is 47.5 Å². The van der Waals surface area contributed by atoms with Gasteiger partial charge in [-0.3, -0.25) is 9.59 Å². The van der Waals surface area contributed by atoms with E-state index in [4.69, 9.17) is 18.9 Å². The summed E-state index contributed by atoms with van der Waals surface area (Å²) in [4.78, 5) is 37.3. The van der Waals surface area contributed by atoms with Gasteiger partial charge in [-0.1, -0.05) is 284 Å². The number of carbonyl (C=O) groups is 3. The number of carbonyl (C=O) groups excluding carboxylic acids is 3. The van der Waals surface area contributed by atoms with Crippen LogP contribution >= 0.6 is 0 Å². The number of unbranched alkanes of at least 4 members (excludes halogenated alkanes) is 42. The molecular formula is C60H117NO8. The van der Waals surface area contributed by atoms with Crippen LogP contribution in [0.25, 0.3) is 0 Å². The van der Waals surface area contributed by atoms with Gasteiger partial charge in [0, 0.05) is 12.8 Å². The summed E-state index contributed by atoms with van der Waals surface area (Å²) in [5.41, 5.74) is 0. The van der Waals surface area contributed by atoms with E-state index < -0.39 is 24.3 Å². The van der Waals surface area contributed by atoms with Gasteiger partial charge in [0.15, 0.2) is 12.4 Å². The van der Waals surface area contributed by atoms with Gasteiger partial charge in [0.2, 0.25) is 0 Å². The predicted molar refractivity (Wildman–Crippen MR) is 288 cm³/mol. The number of esters is 2. The number of rotatable bonds is 57. The molecule has 0 spiro atoms. The number of aliphatic carboxylic acids is 1. The van der Waals surface area contributed by atoms with Crippen LogP contribution in [0.15, 0.2) is 0 Å². The minimum Gasteiger partial charge on any atom is -0.545 e. The Balaban J connectivity index is 4.16. The summed E-state index contributed by atoms with van der Waals surface area (Å²) in [6.07, 6.45) is 55.8. The molecule has 0 aromatic rings. The molecule has 410 valence electrons. The van der Waals surface area contributed by atoms with Crippen molar-refractivity contribution in [1.29, 1.82) is 0 Å². The molecule has 2 unspecified atom stereocenters. The summed E-state index contributed by atoms with van der Waals surface area (Å²) in [6, 6.07) is 0. The van der Waals surface area contributed by atoms with Crippen LogP contribution in [-0.4, -0.2) is 82.3 Å². The number of hydrogen-bond donors (Lipinski definition) is 0. The van der Waals surface area contributed by atoms with Gasteiger partial charge >= 0.3 is 11.9 Å². The summed E-state index contributed by atoms with van der Waals surface area (Å²) < 4.78 is 22.7. The molecule has 0 aliphatic rings. The molecule has 0 bridgehead atoms. The summed E-state index contributed by atoms with van der Waals surface area (Å²) in [5.74, 6) is -2.25. The van der Waals surface area contributed by atoms with Crippen LogP contribution in [0.5, 0.6) is 0 Å². The van der Waals surface area contributed by atoms with Crippen molar-refractivity contribution in [2.45, 2.75) is 322 Å². The molecule has 0 saturated carbocycles. The highest BCUT2D eigenvalue weighted by atomic mass is 16.7. The zero-order valence-corrected chi connectivity index (χ0v) is 46.7. The number of likely N-dealkylation sites (N-methyl/N-ethyl adjacent to an activating group) is 1. The minimum atomic E-state index is -1.61. The van der Waals surface area contributed by atoms with Gasteiger partial charge in [0.1, 0.15) is 13.2 Å². The molecular weight excluding hydrogens is 863 g/mol. The van der Waals surface area contributed by atoms with Gasteiger partial charge in [0.05, 0.1) is 40.3 Å². The van der Waals surface area contributed by atoms with E-state index >= 15 is 0 Å². The molecule has 69 heavy (non-hydrogen) atoms. The van der Waals surface area contributed by atoms with Crippen LogP contribution in [0.3, 0.4) is 0 Å². The van der Waals surface area contributed by atoms with Crippen LogP contribution in [0.1, 0.15) is 309 Å². The summed E-state index contributed by atoms with van der Waals surface area (Å²) >= 11 is 0. The van der Waals surface area contributed by atoms with Gasteiger partial charge in [-0.15, -0.1) is 0 Å². The topological polar surface area (TPSA) is 111 Å². The molecule has 0 radical (unpaired) electrons. The standard InChI is InChI=1S/C60H117NO8/c1-6-8-10-12-14-16-18-20-22-24-26-28-29-30-31-33-35-37-39-41-43-45-47-49-51-58(63)69-56(55-68-60(59(64)65)66-53-52-61(3,4)5)54-67-57(62)50-48-46-44-42-40-38-36-34-32-27-25-23-21-19-17-15-13-11-9-7-2/h56,60H,6-55H2,1-5H3. The second kappa shape index (κ2) is 52.6. The Kier molecular flexibility index (Phi) is 51.3. The maximum absolute atomic E-state index is 12.9. The van der Waals surface area contributed by atoms with E-state index in [1.165, 1.54) is 244 Å². The average Bonchev–Trinajstić information content (AvgIpc) is 3.31. The molecule has 0 N–H and O–H groups in total. The first kappa shape index (κ1) is 67.3. The quantitative estimate of drug-likeness (QED) is 0.0256. The van der Waals surface area contributed by atoms with E-state index in [0.29, 0.717) is 17.4 Å². The van der Waals surface area contributed by atoms with E-state index in [9.17, 15) is 19.5 Å². The second-order valence-electron chi connectivity index (χ2n) is 22.0. The fraction of sp³-hybridized carbons (Fsp3) is 0.950. The third-order valence-electron chi connectivity index (χ3n) is 13.9. The van der Waals surface area contributed by atoms with E-state index in [0.717, 1.165) is 38.5 Å². The van der Waals surface area contributed by atoms with Crippen LogP contribution < -0.4 is 5.11 Å². The van der Waals surface area contributed by atoms with Crippen LogP contribution in [0.2, 0.25) is 0 Å². The molecule has 0 heterocycles. The number of carboxylic acid groups (broad SMARTS) is 1. The average molecular weight is 981 g/mol.